The number of carboxylic acids is 1. The average molecular weight is 166 g/mol. The zero-order valence-corrected chi connectivity index (χ0v) is 6.62. The van der Waals surface area contributed by atoms with Gasteiger partial charge < -0.3 is 15.6 Å². The van der Waals surface area contributed by atoms with Crippen LogP contribution in [0.5, 0.6) is 0 Å². The van der Waals surface area contributed by atoms with Gasteiger partial charge in [0.2, 0.25) is 0 Å². The normalized spacial score (nSPS) is 9.75. The lowest BCUT2D eigenvalue weighted by molar-refractivity contribution is -0.387. The van der Waals surface area contributed by atoms with Crippen LogP contribution in [0.15, 0.2) is 18.3 Å². The summed E-state index contributed by atoms with van der Waals surface area (Å²) in [6, 6.07) is 3.39. The Kier molecular flexibility index (Phi) is 2.76. The average Bonchev–Trinajstić information content (AvgIpc) is 2.03. The Morgan fingerprint density at radius 1 is 1.67 bits per heavy atom. The quantitative estimate of drug-likeness (QED) is 0.570. The highest BCUT2D eigenvalue weighted by atomic mass is 16.4. The molecule has 12 heavy (non-hydrogen) atoms. The van der Waals surface area contributed by atoms with E-state index < -0.39 is 5.97 Å². The molecule has 4 heteroatoms. The molecule has 0 aliphatic heterocycles. The van der Waals surface area contributed by atoms with Crippen molar-refractivity contribution in [3.05, 3.63) is 29.6 Å². The smallest absolute Gasteiger partial charge is 0.117 e. The van der Waals surface area contributed by atoms with E-state index in [4.69, 9.17) is 0 Å². The molecule has 1 aromatic heterocycles. The molecule has 0 bridgehead atoms. The molecule has 1 aromatic rings. The van der Waals surface area contributed by atoms with Crippen LogP contribution in [0.25, 0.3) is 0 Å². The van der Waals surface area contributed by atoms with Gasteiger partial charge >= 0.3 is 0 Å². The van der Waals surface area contributed by atoms with E-state index in [1.165, 1.54) is 0 Å². The largest absolute Gasteiger partial charge is 0.550 e. The predicted molar refractivity (Wildman–Crippen MR) is 39.5 cm³/mol. The monoisotopic (exact) mass is 166 g/mol. The van der Waals surface area contributed by atoms with Crippen molar-refractivity contribution in [2.24, 2.45) is 0 Å². The summed E-state index contributed by atoms with van der Waals surface area (Å²) in [5.74, 6) is -1.07. The Bertz CT molecular complexity index is 286. The number of aromatic nitrogens is 1. The summed E-state index contributed by atoms with van der Waals surface area (Å²) in [5, 5.41) is 10.2. The van der Waals surface area contributed by atoms with Crippen molar-refractivity contribution in [3.63, 3.8) is 0 Å². The van der Waals surface area contributed by atoms with Crippen LogP contribution in [0.4, 0.5) is 0 Å². The molecule has 64 valence electrons. The van der Waals surface area contributed by atoms with Crippen molar-refractivity contribution in [2.45, 2.75) is 13.0 Å². The molecule has 0 aliphatic rings. The van der Waals surface area contributed by atoms with Crippen molar-refractivity contribution < 1.29 is 15.6 Å². The number of pyridine rings is 1. The first-order valence-electron chi connectivity index (χ1n) is 3.65. The zero-order valence-electron chi connectivity index (χ0n) is 6.62. The van der Waals surface area contributed by atoms with Crippen LogP contribution in [0.1, 0.15) is 11.3 Å². The molecule has 0 amide bonds. The number of carbonyl (C=O) groups excluding carboxylic acids is 1. The van der Waals surface area contributed by atoms with Gasteiger partial charge in [-0.05, 0) is 17.7 Å². The maximum atomic E-state index is 10.2. The first kappa shape index (κ1) is 8.67. The van der Waals surface area contributed by atoms with E-state index in [0.717, 1.165) is 5.69 Å². The SMILES string of the molecule is [NH3+]Cc1cc(CC(=O)[O-])ccn1. The van der Waals surface area contributed by atoms with Gasteiger partial charge in [-0.3, -0.25) is 4.98 Å². The lowest BCUT2D eigenvalue weighted by atomic mass is 10.2. The molecule has 4 nitrogen and oxygen atoms in total. The third-order valence-electron chi connectivity index (χ3n) is 1.49. The highest BCUT2D eigenvalue weighted by Crippen LogP contribution is 2.00. The van der Waals surface area contributed by atoms with E-state index in [0.29, 0.717) is 12.1 Å². The fourth-order valence-corrected chi connectivity index (χ4v) is 0.941. The number of carboxylic acid groups (broad SMARTS) is 1. The second-order valence-corrected chi connectivity index (χ2v) is 2.45. The van der Waals surface area contributed by atoms with Gasteiger partial charge in [-0.1, -0.05) is 0 Å². The first-order chi connectivity index (χ1) is 5.72. The molecule has 1 rings (SSSR count). The van der Waals surface area contributed by atoms with E-state index in [1.54, 1.807) is 18.3 Å². The van der Waals surface area contributed by atoms with E-state index in [-0.39, 0.29) is 6.42 Å². The van der Waals surface area contributed by atoms with E-state index in [9.17, 15) is 9.90 Å². The number of nitrogens with zero attached hydrogens (tertiary/aromatic N) is 1. The van der Waals surface area contributed by atoms with Crippen molar-refractivity contribution in [1.82, 2.24) is 4.98 Å². The summed E-state index contributed by atoms with van der Waals surface area (Å²) in [5.41, 5.74) is 5.16. The minimum atomic E-state index is -1.07. The van der Waals surface area contributed by atoms with E-state index in [2.05, 4.69) is 10.7 Å². The number of hydrogen-bond acceptors (Lipinski definition) is 3. The molecule has 1 heterocycles. The molecule has 0 fully saturated rings. The fraction of sp³-hybridized carbons (Fsp3) is 0.250. The Morgan fingerprint density at radius 2 is 2.42 bits per heavy atom. The molecule has 3 N–H and O–H groups in total. The Balaban J connectivity index is 2.79. The number of quaternary nitrogens is 1. The fourth-order valence-electron chi connectivity index (χ4n) is 0.941. The molecule has 0 saturated heterocycles. The zero-order chi connectivity index (χ0) is 8.97. The third kappa shape index (κ3) is 2.32. The molecule has 0 aliphatic carbocycles. The lowest BCUT2D eigenvalue weighted by Crippen LogP contribution is -2.47. The van der Waals surface area contributed by atoms with Gasteiger partial charge in [0.05, 0.1) is 5.69 Å². The summed E-state index contributed by atoms with van der Waals surface area (Å²) >= 11 is 0. The molecule has 0 radical (unpaired) electrons. The van der Waals surface area contributed by atoms with Crippen molar-refractivity contribution >= 4 is 5.97 Å². The number of carbonyl (C=O) groups is 1. The Labute approximate surface area is 70.0 Å². The standard InChI is InChI=1S/C8H10N2O2/c9-5-7-3-6(1-2-10-7)4-8(11)12/h1-3H,4-5,9H2,(H,11,12). The van der Waals surface area contributed by atoms with Crippen LogP contribution >= 0.6 is 0 Å². The van der Waals surface area contributed by atoms with Crippen LogP contribution in [-0.4, -0.2) is 11.0 Å². The van der Waals surface area contributed by atoms with Crippen LogP contribution in [0.3, 0.4) is 0 Å². The van der Waals surface area contributed by atoms with Crippen molar-refractivity contribution in [2.75, 3.05) is 0 Å². The van der Waals surface area contributed by atoms with Crippen LogP contribution in [0, 0.1) is 0 Å². The third-order valence-corrected chi connectivity index (χ3v) is 1.49. The van der Waals surface area contributed by atoms with Gasteiger partial charge in [0.15, 0.2) is 0 Å². The highest BCUT2D eigenvalue weighted by Gasteiger charge is 1.96. The van der Waals surface area contributed by atoms with Crippen LogP contribution in [0.2, 0.25) is 0 Å². The van der Waals surface area contributed by atoms with Crippen LogP contribution < -0.4 is 10.8 Å². The van der Waals surface area contributed by atoms with Gasteiger partial charge in [-0.15, -0.1) is 0 Å². The van der Waals surface area contributed by atoms with Gasteiger partial charge in [-0.2, -0.15) is 0 Å². The molecule has 0 saturated carbocycles. The molecule has 0 aromatic carbocycles. The molecule has 0 unspecified atom stereocenters. The van der Waals surface area contributed by atoms with E-state index in [1.807, 2.05) is 0 Å². The molecule has 0 atom stereocenters. The highest BCUT2D eigenvalue weighted by molar-refractivity contribution is 5.67. The summed E-state index contributed by atoms with van der Waals surface area (Å²) in [7, 11) is 0. The summed E-state index contributed by atoms with van der Waals surface area (Å²) in [6.45, 7) is 0.570. The molecular weight excluding hydrogens is 156 g/mol. The number of rotatable bonds is 3. The first-order valence-corrected chi connectivity index (χ1v) is 3.65. The van der Waals surface area contributed by atoms with Crippen molar-refractivity contribution in [3.8, 4) is 0 Å². The van der Waals surface area contributed by atoms with Crippen LogP contribution in [-0.2, 0) is 17.8 Å². The van der Waals surface area contributed by atoms with Gasteiger partial charge in [-0.25, -0.2) is 0 Å². The second-order valence-electron chi connectivity index (χ2n) is 2.45. The minimum Gasteiger partial charge on any atom is -0.550 e. The molecule has 0 spiro atoms. The van der Waals surface area contributed by atoms with E-state index >= 15 is 0 Å². The lowest BCUT2D eigenvalue weighted by Gasteiger charge is -2.02. The topological polar surface area (TPSA) is 80.7 Å². The van der Waals surface area contributed by atoms with Gasteiger partial charge in [0, 0.05) is 18.6 Å². The minimum absolute atomic E-state index is 0.0600. The Morgan fingerprint density at radius 3 is 3.00 bits per heavy atom. The predicted octanol–water partition coefficient (Wildman–Crippen LogP) is -1.88. The van der Waals surface area contributed by atoms with Crippen molar-refractivity contribution in [1.29, 1.82) is 0 Å². The maximum absolute atomic E-state index is 10.2. The second kappa shape index (κ2) is 3.82. The summed E-state index contributed by atoms with van der Waals surface area (Å²) < 4.78 is 0. The number of aliphatic carboxylic acids is 1. The van der Waals surface area contributed by atoms with Gasteiger partial charge in [0.1, 0.15) is 6.54 Å². The maximum Gasteiger partial charge on any atom is 0.117 e. The van der Waals surface area contributed by atoms with Gasteiger partial charge in [0.25, 0.3) is 0 Å². The Hall–Kier alpha value is -1.42. The molecular formula is C8H10N2O2. The summed E-state index contributed by atoms with van der Waals surface area (Å²) in [4.78, 5) is 14.2. The number of hydrogen-bond donors (Lipinski definition) is 1. The summed E-state index contributed by atoms with van der Waals surface area (Å²) in [6.07, 6.45) is 1.52.